The van der Waals surface area contributed by atoms with E-state index in [1.54, 1.807) is 48.5 Å². The van der Waals surface area contributed by atoms with Crippen molar-refractivity contribution in [3.8, 4) is 11.5 Å². The van der Waals surface area contributed by atoms with E-state index in [1.807, 2.05) is 36.4 Å². The maximum Gasteiger partial charge on any atom is 0.258 e. The van der Waals surface area contributed by atoms with Crippen molar-refractivity contribution < 1.29 is 24.3 Å². The SMILES string of the molecule is CO/N=C1\CC(C(=O)NCC(O)c2ccccc2)N(C(=O)c2ccccc2Oc2ccccc2)C1. The maximum absolute atomic E-state index is 13.6. The molecule has 4 rings (SSSR count). The molecule has 2 N–H and O–H groups in total. The van der Waals surface area contributed by atoms with Gasteiger partial charge in [-0.15, -0.1) is 0 Å². The molecule has 2 amide bonds. The highest BCUT2D eigenvalue weighted by Gasteiger charge is 2.39. The number of hydrogen-bond donors (Lipinski definition) is 2. The molecular weight excluding hydrogens is 446 g/mol. The van der Waals surface area contributed by atoms with Crippen LogP contribution in [0.3, 0.4) is 0 Å². The number of hydrogen-bond acceptors (Lipinski definition) is 6. The van der Waals surface area contributed by atoms with Crippen LogP contribution in [0.15, 0.2) is 90.1 Å². The first-order chi connectivity index (χ1) is 17.1. The van der Waals surface area contributed by atoms with Gasteiger partial charge in [0.05, 0.1) is 23.9 Å². The van der Waals surface area contributed by atoms with Crippen LogP contribution in [-0.4, -0.2) is 53.8 Å². The molecular formula is C27H27N3O5. The van der Waals surface area contributed by atoms with Gasteiger partial charge in [0, 0.05) is 13.0 Å². The normalized spacial score (nSPS) is 17.1. The fourth-order valence-electron chi connectivity index (χ4n) is 3.96. The second-order valence-electron chi connectivity index (χ2n) is 8.08. The lowest BCUT2D eigenvalue weighted by molar-refractivity contribution is -0.125. The minimum absolute atomic E-state index is 0.0197. The summed E-state index contributed by atoms with van der Waals surface area (Å²) in [5.41, 5.74) is 1.60. The molecule has 1 fully saturated rings. The first kappa shape index (κ1) is 24.0. The molecule has 3 aromatic rings. The average Bonchev–Trinajstić information content (AvgIpc) is 3.32. The van der Waals surface area contributed by atoms with Crippen molar-refractivity contribution in [2.75, 3.05) is 20.2 Å². The van der Waals surface area contributed by atoms with Crippen molar-refractivity contribution >= 4 is 17.5 Å². The molecule has 0 bridgehead atoms. The Labute approximate surface area is 203 Å². The molecule has 8 heteroatoms. The Morgan fingerprint density at radius 2 is 1.69 bits per heavy atom. The summed E-state index contributed by atoms with van der Waals surface area (Å²) in [6, 6.07) is 24.3. The minimum atomic E-state index is -0.863. The fraction of sp³-hybridized carbons (Fsp3) is 0.222. The lowest BCUT2D eigenvalue weighted by atomic mass is 10.1. The zero-order valence-electron chi connectivity index (χ0n) is 19.3. The monoisotopic (exact) mass is 473 g/mol. The van der Waals surface area contributed by atoms with Crippen LogP contribution in [0.2, 0.25) is 0 Å². The molecule has 35 heavy (non-hydrogen) atoms. The number of carbonyl (C=O) groups excluding carboxylic acids is 2. The number of oxime groups is 1. The molecule has 180 valence electrons. The van der Waals surface area contributed by atoms with Crippen LogP contribution in [-0.2, 0) is 9.63 Å². The number of aliphatic hydroxyl groups is 1. The Bertz CT molecular complexity index is 1180. The van der Waals surface area contributed by atoms with Gasteiger partial charge < -0.3 is 24.9 Å². The molecule has 1 saturated heterocycles. The van der Waals surface area contributed by atoms with Gasteiger partial charge in [-0.2, -0.15) is 0 Å². The number of likely N-dealkylation sites (tertiary alicyclic amines) is 1. The lowest BCUT2D eigenvalue weighted by Crippen LogP contribution is -2.46. The summed E-state index contributed by atoms with van der Waals surface area (Å²) >= 11 is 0. The molecule has 0 saturated carbocycles. The molecule has 3 aromatic carbocycles. The molecule has 8 nitrogen and oxygen atoms in total. The van der Waals surface area contributed by atoms with Gasteiger partial charge in [-0.05, 0) is 29.8 Å². The highest BCUT2D eigenvalue weighted by Crippen LogP contribution is 2.28. The van der Waals surface area contributed by atoms with Crippen molar-refractivity contribution in [3.05, 3.63) is 96.1 Å². The molecule has 1 aliphatic rings. The number of aliphatic hydroxyl groups excluding tert-OH is 1. The van der Waals surface area contributed by atoms with Gasteiger partial charge in [0.25, 0.3) is 5.91 Å². The van der Waals surface area contributed by atoms with E-state index in [0.717, 1.165) is 0 Å². The van der Waals surface area contributed by atoms with Gasteiger partial charge in [-0.25, -0.2) is 0 Å². The first-order valence-corrected chi connectivity index (χ1v) is 11.3. The molecule has 0 spiro atoms. The van der Waals surface area contributed by atoms with Gasteiger partial charge in [-0.3, -0.25) is 9.59 Å². The second-order valence-corrected chi connectivity index (χ2v) is 8.08. The van der Waals surface area contributed by atoms with Crippen LogP contribution in [0, 0.1) is 0 Å². The van der Waals surface area contributed by atoms with Gasteiger partial charge in [0.2, 0.25) is 5.91 Å². The fourth-order valence-corrected chi connectivity index (χ4v) is 3.96. The third-order valence-corrected chi connectivity index (χ3v) is 5.68. The maximum atomic E-state index is 13.6. The Kier molecular flexibility index (Phi) is 7.74. The summed E-state index contributed by atoms with van der Waals surface area (Å²) in [5.74, 6) is 0.247. The number of para-hydroxylation sites is 2. The third kappa shape index (κ3) is 5.85. The molecule has 0 aliphatic carbocycles. The average molecular weight is 474 g/mol. The Morgan fingerprint density at radius 1 is 1.03 bits per heavy atom. The van der Waals surface area contributed by atoms with Crippen molar-refractivity contribution in [3.63, 3.8) is 0 Å². The van der Waals surface area contributed by atoms with Crippen molar-refractivity contribution in [2.45, 2.75) is 18.6 Å². The largest absolute Gasteiger partial charge is 0.457 e. The van der Waals surface area contributed by atoms with Gasteiger partial charge >= 0.3 is 0 Å². The Hall–Kier alpha value is -4.17. The number of nitrogens with zero attached hydrogens (tertiary/aromatic N) is 2. The van der Waals surface area contributed by atoms with E-state index in [4.69, 9.17) is 9.57 Å². The summed E-state index contributed by atoms with van der Waals surface area (Å²) in [4.78, 5) is 33.1. The Balaban J connectivity index is 1.52. The summed E-state index contributed by atoms with van der Waals surface area (Å²) in [5, 5.41) is 17.2. The van der Waals surface area contributed by atoms with Crippen LogP contribution in [0.5, 0.6) is 11.5 Å². The van der Waals surface area contributed by atoms with E-state index in [1.165, 1.54) is 12.0 Å². The molecule has 0 radical (unpaired) electrons. The van der Waals surface area contributed by atoms with Crippen molar-refractivity contribution in [2.24, 2.45) is 5.16 Å². The third-order valence-electron chi connectivity index (χ3n) is 5.68. The predicted octanol–water partition coefficient (Wildman–Crippen LogP) is 3.55. The molecule has 1 aliphatic heterocycles. The molecule has 0 aromatic heterocycles. The number of carbonyl (C=O) groups is 2. The summed E-state index contributed by atoms with van der Waals surface area (Å²) in [7, 11) is 1.42. The second kappa shape index (κ2) is 11.3. The van der Waals surface area contributed by atoms with E-state index in [-0.39, 0.29) is 31.3 Å². The Morgan fingerprint density at radius 3 is 2.40 bits per heavy atom. The molecule has 1 heterocycles. The van der Waals surface area contributed by atoms with Gasteiger partial charge in [0.1, 0.15) is 24.7 Å². The van der Waals surface area contributed by atoms with E-state index < -0.39 is 12.1 Å². The summed E-state index contributed by atoms with van der Waals surface area (Å²) in [6.07, 6.45) is -0.632. The zero-order valence-corrected chi connectivity index (χ0v) is 19.3. The summed E-state index contributed by atoms with van der Waals surface area (Å²) < 4.78 is 5.95. The lowest BCUT2D eigenvalue weighted by Gasteiger charge is -2.25. The molecule has 2 atom stereocenters. The standard InChI is InChI=1S/C27H27N3O5/c1-34-29-20-16-23(26(32)28-17-24(31)19-10-4-2-5-11-19)30(18-20)27(33)22-14-8-9-15-25(22)35-21-12-6-3-7-13-21/h2-15,23-24,31H,16-18H2,1H3,(H,28,32)/b29-20+. The van der Waals surface area contributed by atoms with Gasteiger partial charge in [-0.1, -0.05) is 65.8 Å². The number of benzene rings is 3. The summed E-state index contributed by atoms with van der Waals surface area (Å²) in [6.45, 7) is 0.164. The van der Waals surface area contributed by atoms with Crippen LogP contribution in [0.25, 0.3) is 0 Å². The molecule has 2 unspecified atom stereocenters. The quantitative estimate of drug-likeness (QED) is 0.488. The van der Waals surface area contributed by atoms with Gasteiger partial charge in [0.15, 0.2) is 0 Å². The number of ether oxygens (including phenoxy) is 1. The zero-order chi connectivity index (χ0) is 24.6. The van der Waals surface area contributed by atoms with E-state index in [2.05, 4.69) is 10.5 Å². The van der Waals surface area contributed by atoms with Crippen molar-refractivity contribution in [1.82, 2.24) is 10.2 Å². The number of amides is 2. The van der Waals surface area contributed by atoms with Crippen LogP contribution >= 0.6 is 0 Å². The van der Waals surface area contributed by atoms with E-state index >= 15 is 0 Å². The van der Waals surface area contributed by atoms with Crippen LogP contribution in [0.4, 0.5) is 0 Å². The highest BCUT2D eigenvalue weighted by molar-refractivity contribution is 6.06. The smallest absolute Gasteiger partial charge is 0.258 e. The van der Waals surface area contributed by atoms with E-state index in [9.17, 15) is 14.7 Å². The van der Waals surface area contributed by atoms with Crippen molar-refractivity contribution in [1.29, 1.82) is 0 Å². The van der Waals surface area contributed by atoms with Crippen LogP contribution < -0.4 is 10.1 Å². The predicted molar refractivity (Wildman–Crippen MR) is 131 cm³/mol. The highest BCUT2D eigenvalue weighted by atomic mass is 16.6. The van der Waals surface area contributed by atoms with E-state index in [0.29, 0.717) is 28.3 Å². The minimum Gasteiger partial charge on any atom is -0.457 e. The van der Waals surface area contributed by atoms with Crippen LogP contribution in [0.1, 0.15) is 28.4 Å². The first-order valence-electron chi connectivity index (χ1n) is 11.3. The number of rotatable bonds is 8. The topological polar surface area (TPSA) is 100 Å². The number of nitrogens with one attached hydrogen (secondary N) is 1.